The highest BCUT2D eigenvalue weighted by Crippen LogP contribution is 2.40. The van der Waals surface area contributed by atoms with Crippen molar-refractivity contribution in [2.45, 2.75) is 46.1 Å². The van der Waals surface area contributed by atoms with Crippen LogP contribution in [0.25, 0.3) is 0 Å². The second kappa shape index (κ2) is 4.84. The van der Waals surface area contributed by atoms with Gasteiger partial charge in [0.2, 0.25) is 0 Å². The Morgan fingerprint density at radius 1 is 1.38 bits per heavy atom. The molecule has 0 amide bonds. The second-order valence-corrected chi connectivity index (χ2v) is 6.24. The zero-order valence-electron chi connectivity index (χ0n) is 10.4. The van der Waals surface area contributed by atoms with E-state index in [-0.39, 0.29) is 6.04 Å². The van der Waals surface area contributed by atoms with Gasteiger partial charge in [-0.25, -0.2) is 4.98 Å². The normalized spacial score (nSPS) is 32.6. The van der Waals surface area contributed by atoms with Gasteiger partial charge in [0.15, 0.2) is 0 Å². The molecule has 0 aromatic carbocycles. The predicted octanol–water partition coefficient (Wildman–Crippen LogP) is 3.52. The van der Waals surface area contributed by atoms with Crippen LogP contribution in [0.3, 0.4) is 0 Å². The van der Waals surface area contributed by atoms with Crippen molar-refractivity contribution in [3.8, 4) is 0 Å². The van der Waals surface area contributed by atoms with Crippen molar-refractivity contribution in [3.05, 3.63) is 16.1 Å². The molecule has 4 unspecified atom stereocenters. The van der Waals surface area contributed by atoms with Crippen molar-refractivity contribution in [1.29, 1.82) is 0 Å². The van der Waals surface area contributed by atoms with Crippen LogP contribution < -0.4 is 5.73 Å². The molecule has 1 fully saturated rings. The Bertz CT molecular complexity index is 347. The van der Waals surface area contributed by atoms with E-state index in [0.717, 1.165) is 17.5 Å². The van der Waals surface area contributed by atoms with Crippen LogP contribution in [0.2, 0.25) is 0 Å². The van der Waals surface area contributed by atoms with E-state index in [1.165, 1.54) is 24.1 Å². The summed E-state index contributed by atoms with van der Waals surface area (Å²) in [5, 5.41) is 0. The highest BCUT2D eigenvalue weighted by atomic mass is 32.1. The van der Waals surface area contributed by atoms with Crippen LogP contribution in [0.4, 0.5) is 0 Å². The van der Waals surface area contributed by atoms with Crippen molar-refractivity contribution in [2.75, 3.05) is 0 Å². The van der Waals surface area contributed by atoms with E-state index in [1.54, 1.807) is 11.3 Å². The van der Waals surface area contributed by atoms with Crippen LogP contribution in [0.1, 0.15) is 49.7 Å². The summed E-state index contributed by atoms with van der Waals surface area (Å²) in [6.07, 6.45) is 3.89. The molecule has 1 aliphatic rings. The fourth-order valence-corrected chi connectivity index (χ4v) is 3.66. The molecule has 0 bridgehead atoms. The Balaban J connectivity index is 2.06. The lowest BCUT2D eigenvalue weighted by Crippen LogP contribution is -2.29. The van der Waals surface area contributed by atoms with Crippen LogP contribution >= 0.6 is 11.3 Å². The Morgan fingerprint density at radius 2 is 2.12 bits per heavy atom. The number of hydrogen-bond acceptors (Lipinski definition) is 3. The van der Waals surface area contributed by atoms with Crippen molar-refractivity contribution in [3.63, 3.8) is 0 Å². The summed E-state index contributed by atoms with van der Waals surface area (Å²) < 4.78 is 0. The van der Waals surface area contributed by atoms with Gasteiger partial charge in [-0.2, -0.15) is 0 Å². The maximum atomic E-state index is 6.39. The lowest BCUT2D eigenvalue weighted by molar-refractivity contribution is 0.187. The molecule has 2 nitrogen and oxygen atoms in total. The van der Waals surface area contributed by atoms with Crippen LogP contribution in [0.5, 0.6) is 0 Å². The summed E-state index contributed by atoms with van der Waals surface area (Å²) in [5.41, 5.74) is 9.44. The van der Waals surface area contributed by atoms with E-state index >= 15 is 0 Å². The number of thiazole rings is 1. The molecule has 1 aromatic heterocycles. The third-order valence-electron chi connectivity index (χ3n) is 4.23. The number of hydrogen-bond donors (Lipinski definition) is 1. The maximum absolute atomic E-state index is 6.39. The molecule has 0 aliphatic heterocycles. The highest BCUT2D eigenvalue weighted by Gasteiger charge is 2.30. The second-order valence-electron chi connectivity index (χ2n) is 5.36. The minimum absolute atomic E-state index is 0.211. The van der Waals surface area contributed by atoms with Gasteiger partial charge in [0.05, 0.1) is 11.2 Å². The van der Waals surface area contributed by atoms with E-state index in [9.17, 15) is 0 Å². The van der Waals surface area contributed by atoms with Gasteiger partial charge in [0, 0.05) is 10.9 Å². The van der Waals surface area contributed by atoms with Crippen molar-refractivity contribution in [2.24, 2.45) is 23.5 Å². The highest BCUT2D eigenvalue weighted by molar-refractivity contribution is 7.09. The summed E-state index contributed by atoms with van der Waals surface area (Å²) >= 11 is 1.72. The van der Waals surface area contributed by atoms with Gasteiger partial charge in [0.1, 0.15) is 0 Å². The number of rotatable bonds is 2. The van der Waals surface area contributed by atoms with E-state index < -0.39 is 0 Å². The molecule has 4 atom stereocenters. The Labute approximate surface area is 102 Å². The smallest absolute Gasteiger partial charge is 0.0798 e. The molecule has 0 radical (unpaired) electrons. The zero-order valence-corrected chi connectivity index (χ0v) is 11.3. The topological polar surface area (TPSA) is 38.9 Å². The quantitative estimate of drug-likeness (QED) is 0.856. The molecule has 1 aromatic rings. The summed E-state index contributed by atoms with van der Waals surface area (Å²) in [4.78, 5) is 5.60. The van der Waals surface area contributed by atoms with Gasteiger partial charge in [0.25, 0.3) is 0 Å². The van der Waals surface area contributed by atoms with Crippen LogP contribution in [0, 0.1) is 24.7 Å². The summed E-state index contributed by atoms with van der Waals surface area (Å²) in [6, 6.07) is 0.211. The summed E-state index contributed by atoms with van der Waals surface area (Å²) in [5.74, 6) is 2.34. The van der Waals surface area contributed by atoms with Crippen molar-refractivity contribution < 1.29 is 0 Å². The van der Waals surface area contributed by atoms with E-state index in [0.29, 0.717) is 5.92 Å². The van der Waals surface area contributed by atoms with Gasteiger partial charge in [-0.15, -0.1) is 11.3 Å². The van der Waals surface area contributed by atoms with E-state index in [4.69, 9.17) is 5.73 Å². The first-order valence-electron chi connectivity index (χ1n) is 6.25. The Morgan fingerprint density at radius 3 is 2.69 bits per heavy atom. The lowest BCUT2D eigenvalue weighted by atomic mass is 9.73. The molecule has 0 spiro atoms. The molecule has 90 valence electrons. The van der Waals surface area contributed by atoms with E-state index in [1.807, 2.05) is 5.51 Å². The Hall–Kier alpha value is -0.410. The maximum Gasteiger partial charge on any atom is 0.0798 e. The largest absolute Gasteiger partial charge is 0.323 e. The first kappa shape index (κ1) is 12.1. The van der Waals surface area contributed by atoms with Gasteiger partial charge in [-0.05, 0) is 37.5 Å². The molecular formula is C13H22N2S. The molecule has 16 heavy (non-hydrogen) atoms. The molecule has 1 saturated carbocycles. The molecule has 0 saturated heterocycles. The van der Waals surface area contributed by atoms with Crippen LogP contribution in [0.15, 0.2) is 5.51 Å². The van der Waals surface area contributed by atoms with Crippen molar-refractivity contribution in [1.82, 2.24) is 4.98 Å². The predicted molar refractivity (Wildman–Crippen MR) is 69.4 cm³/mol. The average Bonchev–Trinajstić information content (AvgIpc) is 2.67. The number of aryl methyl sites for hydroxylation is 1. The first-order chi connectivity index (χ1) is 7.59. The lowest BCUT2D eigenvalue weighted by Gasteiger charge is -2.35. The minimum atomic E-state index is 0.211. The molecule has 3 heteroatoms. The van der Waals surface area contributed by atoms with Gasteiger partial charge in [-0.3, -0.25) is 0 Å². The first-order valence-corrected chi connectivity index (χ1v) is 7.13. The fourth-order valence-electron chi connectivity index (χ4n) is 2.76. The molecule has 2 N–H and O–H groups in total. The van der Waals surface area contributed by atoms with Crippen LogP contribution in [-0.4, -0.2) is 4.98 Å². The average molecular weight is 238 g/mol. The van der Waals surface area contributed by atoms with Crippen LogP contribution in [-0.2, 0) is 0 Å². The molecular weight excluding hydrogens is 216 g/mol. The molecule has 2 rings (SSSR count). The molecule has 1 heterocycles. The monoisotopic (exact) mass is 238 g/mol. The third-order valence-corrected chi connectivity index (χ3v) is 5.26. The van der Waals surface area contributed by atoms with E-state index in [2.05, 4.69) is 25.8 Å². The van der Waals surface area contributed by atoms with Gasteiger partial charge < -0.3 is 5.73 Å². The summed E-state index contributed by atoms with van der Waals surface area (Å²) in [7, 11) is 0. The third kappa shape index (κ3) is 2.30. The number of aromatic nitrogens is 1. The van der Waals surface area contributed by atoms with Gasteiger partial charge >= 0.3 is 0 Å². The SMILES string of the molecule is Cc1ncsc1C(N)C1CCC(C)C(C)C1. The fraction of sp³-hybridized carbons (Fsp3) is 0.769. The zero-order chi connectivity index (χ0) is 11.7. The molecule has 1 aliphatic carbocycles. The summed E-state index contributed by atoms with van der Waals surface area (Å²) in [6.45, 7) is 6.80. The minimum Gasteiger partial charge on any atom is -0.323 e. The number of nitrogens with zero attached hydrogens (tertiary/aromatic N) is 1. The standard InChI is InChI=1S/C13H22N2S/c1-8-4-5-11(6-9(8)2)12(14)13-10(3)15-7-16-13/h7-9,11-12H,4-6,14H2,1-3H3. The Kier molecular flexibility index (Phi) is 3.65. The number of nitrogens with two attached hydrogens (primary N) is 1. The van der Waals surface area contributed by atoms with Gasteiger partial charge in [-0.1, -0.05) is 20.3 Å². The van der Waals surface area contributed by atoms with Crippen molar-refractivity contribution >= 4 is 11.3 Å².